The van der Waals surface area contributed by atoms with Crippen LogP contribution in [0.5, 0.6) is 0 Å². The number of nitrogens with zero attached hydrogens (tertiary/aromatic N) is 2. The van der Waals surface area contributed by atoms with Crippen LogP contribution < -0.4 is 5.32 Å². The first-order valence-electron chi connectivity index (χ1n) is 5.90. The highest BCUT2D eigenvalue weighted by Crippen LogP contribution is 2.05. The molecule has 1 N–H and O–H groups in total. The smallest absolute Gasteiger partial charge is 0.308 e. The molecule has 0 aliphatic rings. The molecule has 0 aliphatic heterocycles. The maximum absolute atomic E-state index is 11.6. The van der Waals surface area contributed by atoms with Gasteiger partial charge >= 0.3 is 5.97 Å². The molecule has 7 nitrogen and oxygen atoms in total. The zero-order chi connectivity index (χ0) is 14.4. The van der Waals surface area contributed by atoms with E-state index in [9.17, 15) is 9.59 Å². The number of nitrogens with one attached hydrogen (secondary N) is 1. The van der Waals surface area contributed by atoms with E-state index in [4.69, 9.17) is 9.26 Å². The zero-order valence-corrected chi connectivity index (χ0v) is 11.6. The van der Waals surface area contributed by atoms with Crippen molar-refractivity contribution in [2.24, 2.45) is 0 Å². The number of hydrogen-bond acceptors (Lipinski definition) is 7. The van der Waals surface area contributed by atoms with Gasteiger partial charge in [-0.15, -0.1) is 0 Å². The molecule has 0 unspecified atom stereocenters. The Morgan fingerprint density at radius 2 is 2.35 bits per heavy atom. The quantitative estimate of drug-likeness (QED) is 0.807. The molecular formula is C12H13N3O4S. The molecule has 0 aromatic carbocycles. The lowest BCUT2D eigenvalue weighted by Crippen LogP contribution is -2.26. The van der Waals surface area contributed by atoms with E-state index in [2.05, 4.69) is 15.5 Å². The van der Waals surface area contributed by atoms with Gasteiger partial charge in [0.2, 0.25) is 0 Å². The lowest BCUT2D eigenvalue weighted by Gasteiger charge is -2.03. The Morgan fingerprint density at radius 1 is 1.50 bits per heavy atom. The van der Waals surface area contributed by atoms with E-state index < -0.39 is 5.97 Å². The standard InChI is InChI=1S/C12H13N3O4S/c1-8-14-10(19-15-8)6-18-11(16)2-4-13-12(17)9-3-5-20-7-9/h3,5,7H,2,4,6H2,1H3,(H,13,17). The van der Waals surface area contributed by atoms with E-state index in [1.54, 1.807) is 18.4 Å². The number of aromatic nitrogens is 2. The van der Waals surface area contributed by atoms with Gasteiger partial charge in [-0.25, -0.2) is 0 Å². The second-order valence-corrected chi connectivity index (χ2v) is 4.69. The van der Waals surface area contributed by atoms with Crippen LogP contribution in [0.2, 0.25) is 0 Å². The normalized spacial score (nSPS) is 10.2. The van der Waals surface area contributed by atoms with E-state index in [0.29, 0.717) is 11.4 Å². The van der Waals surface area contributed by atoms with Crippen molar-refractivity contribution in [2.75, 3.05) is 6.54 Å². The van der Waals surface area contributed by atoms with Crippen LogP contribution in [0.4, 0.5) is 0 Å². The number of carbonyl (C=O) groups is 2. The van der Waals surface area contributed by atoms with Gasteiger partial charge in [0.15, 0.2) is 12.4 Å². The van der Waals surface area contributed by atoms with Crippen LogP contribution in [-0.2, 0) is 16.1 Å². The highest BCUT2D eigenvalue weighted by Gasteiger charge is 2.09. The molecule has 0 atom stereocenters. The summed E-state index contributed by atoms with van der Waals surface area (Å²) in [6, 6.07) is 1.72. The van der Waals surface area contributed by atoms with Crippen molar-refractivity contribution < 1.29 is 18.8 Å². The molecule has 106 valence electrons. The van der Waals surface area contributed by atoms with E-state index in [1.807, 2.05) is 5.38 Å². The summed E-state index contributed by atoms with van der Waals surface area (Å²) >= 11 is 1.44. The summed E-state index contributed by atoms with van der Waals surface area (Å²) in [6.07, 6.45) is 0.0863. The SMILES string of the molecule is Cc1noc(COC(=O)CCNC(=O)c2ccsc2)n1. The minimum atomic E-state index is -0.438. The first kappa shape index (κ1) is 14.2. The third-order valence-electron chi connectivity index (χ3n) is 2.32. The van der Waals surface area contributed by atoms with Gasteiger partial charge < -0.3 is 14.6 Å². The molecule has 0 radical (unpaired) electrons. The van der Waals surface area contributed by atoms with Crippen LogP contribution >= 0.6 is 11.3 Å². The topological polar surface area (TPSA) is 94.3 Å². The second kappa shape index (κ2) is 6.80. The molecule has 2 heterocycles. The average Bonchev–Trinajstić information content (AvgIpc) is 3.07. The summed E-state index contributed by atoms with van der Waals surface area (Å²) in [6.45, 7) is 1.84. The van der Waals surface area contributed by atoms with Gasteiger partial charge in [0.25, 0.3) is 11.8 Å². The third-order valence-corrected chi connectivity index (χ3v) is 3.01. The van der Waals surface area contributed by atoms with Crippen LogP contribution in [0.25, 0.3) is 0 Å². The van der Waals surface area contributed by atoms with Crippen LogP contribution in [0, 0.1) is 6.92 Å². The van der Waals surface area contributed by atoms with Gasteiger partial charge in [0, 0.05) is 17.5 Å². The molecule has 0 aliphatic carbocycles. The Balaban J connectivity index is 1.64. The van der Waals surface area contributed by atoms with E-state index in [1.165, 1.54) is 11.3 Å². The maximum atomic E-state index is 11.6. The number of ether oxygens (including phenoxy) is 1. The number of amides is 1. The first-order chi connectivity index (χ1) is 9.65. The highest BCUT2D eigenvalue weighted by molar-refractivity contribution is 7.08. The molecule has 0 saturated carbocycles. The second-order valence-electron chi connectivity index (χ2n) is 3.91. The number of thiophene rings is 1. The lowest BCUT2D eigenvalue weighted by atomic mass is 10.3. The predicted octanol–water partition coefficient (Wildman–Crippen LogP) is 1.30. The molecule has 0 fully saturated rings. The number of rotatable bonds is 6. The third kappa shape index (κ3) is 4.16. The van der Waals surface area contributed by atoms with Crippen molar-refractivity contribution in [1.29, 1.82) is 0 Å². The van der Waals surface area contributed by atoms with Crippen molar-refractivity contribution in [3.05, 3.63) is 34.1 Å². The summed E-state index contributed by atoms with van der Waals surface area (Å²) < 4.78 is 9.73. The molecule has 2 aromatic rings. The zero-order valence-electron chi connectivity index (χ0n) is 10.8. The molecule has 0 spiro atoms. The van der Waals surface area contributed by atoms with Crippen molar-refractivity contribution >= 4 is 23.2 Å². The Hall–Kier alpha value is -2.22. The minimum Gasteiger partial charge on any atom is -0.456 e. The Labute approximate surface area is 118 Å². The Morgan fingerprint density at radius 3 is 3.00 bits per heavy atom. The fourth-order valence-corrected chi connectivity index (χ4v) is 2.02. The summed E-state index contributed by atoms with van der Waals surface area (Å²) in [5, 5.41) is 9.77. The number of aryl methyl sites for hydroxylation is 1. The Bertz CT molecular complexity index is 579. The van der Waals surface area contributed by atoms with Gasteiger partial charge in [-0.3, -0.25) is 9.59 Å². The van der Waals surface area contributed by atoms with Gasteiger partial charge in [-0.05, 0) is 18.4 Å². The monoisotopic (exact) mass is 295 g/mol. The van der Waals surface area contributed by atoms with Crippen molar-refractivity contribution in [3.63, 3.8) is 0 Å². The first-order valence-corrected chi connectivity index (χ1v) is 6.84. The van der Waals surface area contributed by atoms with Gasteiger partial charge in [-0.1, -0.05) is 5.16 Å². The van der Waals surface area contributed by atoms with Crippen LogP contribution in [0.1, 0.15) is 28.5 Å². The molecular weight excluding hydrogens is 282 g/mol. The van der Waals surface area contributed by atoms with Gasteiger partial charge in [0.1, 0.15) is 0 Å². The van der Waals surface area contributed by atoms with Crippen molar-refractivity contribution in [2.45, 2.75) is 20.0 Å². The van der Waals surface area contributed by atoms with Crippen LogP contribution in [-0.4, -0.2) is 28.6 Å². The molecule has 0 bridgehead atoms. The minimum absolute atomic E-state index is 0.0574. The maximum Gasteiger partial charge on any atom is 0.308 e. The number of esters is 1. The summed E-state index contributed by atoms with van der Waals surface area (Å²) in [7, 11) is 0. The lowest BCUT2D eigenvalue weighted by molar-refractivity contribution is -0.145. The predicted molar refractivity (Wildman–Crippen MR) is 70.1 cm³/mol. The van der Waals surface area contributed by atoms with Crippen molar-refractivity contribution in [3.8, 4) is 0 Å². The van der Waals surface area contributed by atoms with E-state index in [0.717, 1.165) is 0 Å². The summed E-state index contributed by atoms with van der Waals surface area (Å²) in [5.74, 6) is 0.0929. The van der Waals surface area contributed by atoms with Gasteiger partial charge in [0.05, 0.1) is 6.42 Å². The molecule has 0 saturated heterocycles. The van der Waals surface area contributed by atoms with Crippen LogP contribution in [0.15, 0.2) is 21.3 Å². The summed E-state index contributed by atoms with van der Waals surface area (Å²) in [4.78, 5) is 26.9. The largest absolute Gasteiger partial charge is 0.456 e. The number of hydrogen-bond donors (Lipinski definition) is 1. The van der Waals surface area contributed by atoms with E-state index in [-0.39, 0.29) is 31.4 Å². The fraction of sp³-hybridized carbons (Fsp3) is 0.333. The summed E-state index contributed by atoms with van der Waals surface area (Å²) in [5.41, 5.74) is 0.588. The average molecular weight is 295 g/mol. The molecule has 20 heavy (non-hydrogen) atoms. The number of carbonyl (C=O) groups excluding carboxylic acids is 2. The fourth-order valence-electron chi connectivity index (χ4n) is 1.39. The Kier molecular flexibility index (Phi) is 4.83. The molecule has 8 heteroatoms. The highest BCUT2D eigenvalue weighted by atomic mass is 32.1. The molecule has 2 rings (SSSR count). The molecule has 1 amide bonds. The molecule has 2 aromatic heterocycles. The van der Waals surface area contributed by atoms with E-state index >= 15 is 0 Å². The van der Waals surface area contributed by atoms with Crippen molar-refractivity contribution in [1.82, 2.24) is 15.5 Å². The van der Waals surface area contributed by atoms with Crippen LogP contribution in [0.3, 0.4) is 0 Å². The van der Waals surface area contributed by atoms with Gasteiger partial charge in [-0.2, -0.15) is 16.3 Å².